The van der Waals surface area contributed by atoms with E-state index >= 15 is 0 Å². The maximum absolute atomic E-state index is 5.52. The molecule has 0 bridgehead atoms. The second kappa shape index (κ2) is 12.6. The summed E-state index contributed by atoms with van der Waals surface area (Å²) in [5.41, 5.74) is 10.3. The standard InChI is InChI=1S/C49H29N3S2/c1-3-14-30(15-4-1)39-29-40(31-16-5-2-6-17-31)52-49(51-39)33-19-11-18-32(28-33)47-48-46(37-21-8-10-26-42(37)54-48)45-35(22-12-24-38(45)50-47)34-23-13-27-43-44(34)36-20-7-9-25-41(36)53-43/h1-29H. The zero-order chi connectivity index (χ0) is 35.6. The second-order valence-electron chi connectivity index (χ2n) is 13.5. The summed E-state index contributed by atoms with van der Waals surface area (Å²) < 4.78 is 5.03. The van der Waals surface area contributed by atoms with Crippen LogP contribution in [-0.2, 0) is 0 Å². The number of hydrogen-bond donors (Lipinski definition) is 0. The number of aromatic nitrogens is 3. The van der Waals surface area contributed by atoms with Crippen molar-refractivity contribution in [3.8, 4) is 56.3 Å². The molecule has 54 heavy (non-hydrogen) atoms. The number of hydrogen-bond acceptors (Lipinski definition) is 5. The first-order valence-electron chi connectivity index (χ1n) is 18.0. The Labute approximate surface area is 319 Å². The van der Waals surface area contributed by atoms with E-state index in [2.05, 4.69) is 164 Å². The largest absolute Gasteiger partial charge is 0.246 e. The predicted molar refractivity (Wildman–Crippen MR) is 230 cm³/mol. The van der Waals surface area contributed by atoms with Crippen molar-refractivity contribution in [2.45, 2.75) is 0 Å². The molecular formula is C49H29N3S2. The lowest BCUT2D eigenvalue weighted by Crippen LogP contribution is -1.96. The first kappa shape index (κ1) is 31.0. The Bertz CT molecular complexity index is 3160. The molecule has 3 nitrogen and oxygen atoms in total. The topological polar surface area (TPSA) is 38.7 Å². The highest BCUT2D eigenvalue weighted by molar-refractivity contribution is 7.26. The van der Waals surface area contributed by atoms with Crippen LogP contribution in [0.2, 0.25) is 0 Å². The number of thiophene rings is 2. The normalized spacial score (nSPS) is 11.7. The Morgan fingerprint density at radius 2 is 0.889 bits per heavy atom. The van der Waals surface area contributed by atoms with Gasteiger partial charge in [0.1, 0.15) is 0 Å². The molecule has 0 N–H and O–H groups in total. The van der Waals surface area contributed by atoms with Gasteiger partial charge in [-0.1, -0.05) is 140 Å². The highest BCUT2D eigenvalue weighted by atomic mass is 32.1. The van der Waals surface area contributed by atoms with Crippen molar-refractivity contribution in [3.63, 3.8) is 0 Å². The van der Waals surface area contributed by atoms with Crippen molar-refractivity contribution >= 4 is 73.9 Å². The molecule has 0 atom stereocenters. The highest BCUT2D eigenvalue weighted by Crippen LogP contribution is 2.48. The van der Waals surface area contributed by atoms with Gasteiger partial charge in [0.2, 0.25) is 0 Å². The summed E-state index contributed by atoms with van der Waals surface area (Å²) >= 11 is 3.68. The summed E-state index contributed by atoms with van der Waals surface area (Å²) in [5.74, 6) is 0.684. The molecular weight excluding hydrogens is 695 g/mol. The molecule has 0 spiro atoms. The van der Waals surface area contributed by atoms with Gasteiger partial charge in [0.05, 0.1) is 27.3 Å². The van der Waals surface area contributed by atoms with Crippen LogP contribution >= 0.6 is 22.7 Å². The summed E-state index contributed by atoms with van der Waals surface area (Å²) in [7, 11) is 0. The lowest BCUT2D eigenvalue weighted by molar-refractivity contribution is 1.18. The van der Waals surface area contributed by atoms with E-state index in [0.29, 0.717) is 5.82 Å². The summed E-state index contributed by atoms with van der Waals surface area (Å²) in [5, 5.41) is 6.30. The SMILES string of the molecule is c1ccc(-c2cc(-c3ccccc3)nc(-c3cccc(-c4nc5cccc(-c6cccc7sc8ccccc8c67)c5c5c4sc4ccccc45)c3)n2)cc1. The van der Waals surface area contributed by atoms with Crippen LogP contribution in [-0.4, -0.2) is 15.0 Å². The Hall–Kier alpha value is -6.53. The number of benzene rings is 7. The van der Waals surface area contributed by atoms with Gasteiger partial charge in [0.25, 0.3) is 0 Å². The molecule has 4 heterocycles. The predicted octanol–water partition coefficient (Wildman–Crippen LogP) is 14.1. The van der Waals surface area contributed by atoms with Gasteiger partial charge in [-0.05, 0) is 47.5 Å². The molecule has 0 unspecified atom stereocenters. The zero-order valence-corrected chi connectivity index (χ0v) is 30.5. The van der Waals surface area contributed by atoms with Crippen LogP contribution in [0.25, 0.3) is 108 Å². The fourth-order valence-corrected chi connectivity index (χ4v) is 10.2. The van der Waals surface area contributed by atoms with Gasteiger partial charge >= 0.3 is 0 Å². The molecule has 252 valence electrons. The maximum atomic E-state index is 5.52. The van der Waals surface area contributed by atoms with Crippen molar-refractivity contribution in [3.05, 3.63) is 176 Å². The molecule has 0 fully saturated rings. The van der Waals surface area contributed by atoms with E-state index < -0.39 is 0 Å². The van der Waals surface area contributed by atoms with Crippen molar-refractivity contribution < 1.29 is 0 Å². The minimum absolute atomic E-state index is 0.684. The lowest BCUT2D eigenvalue weighted by Gasteiger charge is -2.14. The zero-order valence-electron chi connectivity index (χ0n) is 28.9. The number of rotatable bonds is 5. The quantitative estimate of drug-likeness (QED) is 0.177. The molecule has 0 amide bonds. The smallest absolute Gasteiger partial charge is 0.160 e. The molecule has 5 heteroatoms. The monoisotopic (exact) mass is 723 g/mol. The van der Waals surface area contributed by atoms with Crippen molar-refractivity contribution in [1.82, 2.24) is 15.0 Å². The summed E-state index contributed by atoms with van der Waals surface area (Å²) in [6.07, 6.45) is 0. The molecule has 4 aromatic heterocycles. The molecule has 0 aliphatic carbocycles. The molecule has 0 saturated carbocycles. The molecule has 0 saturated heterocycles. The Morgan fingerprint density at radius 3 is 1.61 bits per heavy atom. The second-order valence-corrected chi connectivity index (χ2v) is 15.7. The fourth-order valence-electron chi connectivity index (χ4n) is 7.84. The molecule has 11 rings (SSSR count). The van der Waals surface area contributed by atoms with Gasteiger partial charge in [-0.15, -0.1) is 22.7 Å². The number of nitrogens with zero attached hydrogens (tertiary/aromatic N) is 3. The van der Waals surface area contributed by atoms with Gasteiger partial charge in [-0.25, -0.2) is 15.0 Å². The summed E-state index contributed by atoms with van der Waals surface area (Å²) in [6.45, 7) is 0. The van der Waals surface area contributed by atoms with Crippen LogP contribution in [0.5, 0.6) is 0 Å². The van der Waals surface area contributed by atoms with Gasteiger partial charge in [0.15, 0.2) is 5.82 Å². The van der Waals surface area contributed by atoms with Crippen molar-refractivity contribution in [2.75, 3.05) is 0 Å². The summed E-state index contributed by atoms with van der Waals surface area (Å²) in [4.78, 5) is 15.8. The maximum Gasteiger partial charge on any atom is 0.160 e. The van der Waals surface area contributed by atoms with Gasteiger partial charge in [-0.3, -0.25) is 0 Å². The minimum Gasteiger partial charge on any atom is -0.246 e. The van der Waals surface area contributed by atoms with Crippen LogP contribution in [0.15, 0.2) is 176 Å². The summed E-state index contributed by atoms with van der Waals surface area (Å²) in [6, 6.07) is 62.2. The van der Waals surface area contributed by atoms with Crippen molar-refractivity contribution in [2.24, 2.45) is 0 Å². The van der Waals surface area contributed by atoms with Crippen molar-refractivity contribution in [1.29, 1.82) is 0 Å². The average Bonchev–Trinajstić information content (AvgIpc) is 3.83. The van der Waals surface area contributed by atoms with Crippen LogP contribution < -0.4 is 0 Å². The molecule has 7 aromatic carbocycles. The Morgan fingerprint density at radius 1 is 0.352 bits per heavy atom. The van der Waals surface area contributed by atoms with E-state index in [-0.39, 0.29) is 0 Å². The number of fused-ring (bicyclic) bond motifs is 8. The molecule has 11 aromatic rings. The van der Waals surface area contributed by atoms with Crippen LogP contribution in [0.1, 0.15) is 0 Å². The fraction of sp³-hybridized carbons (Fsp3) is 0. The number of pyridine rings is 1. The molecule has 0 radical (unpaired) electrons. The molecule has 0 aliphatic rings. The van der Waals surface area contributed by atoms with E-state index in [0.717, 1.165) is 44.9 Å². The van der Waals surface area contributed by atoms with Gasteiger partial charge in [0, 0.05) is 63.3 Å². The van der Waals surface area contributed by atoms with E-state index in [1.807, 2.05) is 34.8 Å². The van der Waals surface area contributed by atoms with E-state index in [1.165, 1.54) is 56.9 Å². The highest BCUT2D eigenvalue weighted by Gasteiger charge is 2.21. The van der Waals surface area contributed by atoms with Gasteiger partial charge < -0.3 is 0 Å². The van der Waals surface area contributed by atoms with Crippen LogP contribution in [0.3, 0.4) is 0 Å². The minimum atomic E-state index is 0.684. The van der Waals surface area contributed by atoms with E-state index in [1.54, 1.807) is 0 Å². The van der Waals surface area contributed by atoms with Gasteiger partial charge in [-0.2, -0.15) is 0 Å². The van der Waals surface area contributed by atoms with Crippen LogP contribution in [0.4, 0.5) is 0 Å². The third-order valence-corrected chi connectivity index (χ3v) is 12.6. The first-order chi connectivity index (χ1) is 26.8. The third kappa shape index (κ3) is 5.05. The average molecular weight is 724 g/mol. The van der Waals surface area contributed by atoms with Crippen LogP contribution in [0, 0.1) is 0 Å². The lowest BCUT2D eigenvalue weighted by atomic mass is 9.93. The molecule has 0 aliphatic heterocycles. The Balaban J connectivity index is 1.15. The van der Waals surface area contributed by atoms with E-state index in [4.69, 9.17) is 15.0 Å². The third-order valence-electron chi connectivity index (χ3n) is 10.3. The first-order valence-corrected chi connectivity index (χ1v) is 19.7. The van der Waals surface area contributed by atoms with E-state index in [9.17, 15) is 0 Å². The Kier molecular flexibility index (Phi) is 7.22.